The van der Waals surface area contributed by atoms with Gasteiger partial charge in [0.25, 0.3) is 6.21 Å². The van der Waals surface area contributed by atoms with Crippen LogP contribution in [0.5, 0.6) is 11.5 Å². The lowest BCUT2D eigenvalue weighted by molar-refractivity contribution is 0.388. The van der Waals surface area contributed by atoms with E-state index >= 15 is 0 Å². The largest absolute Gasteiger partial charge is 0.507 e. The molecule has 0 aromatic heterocycles. The average molecular weight is 560 g/mol. The fraction of sp³-hybridized carbons (Fsp3) is 0.595. The number of aliphatic imine (C=N–C) groups is 1. The molecule has 41 heavy (non-hydrogen) atoms. The van der Waals surface area contributed by atoms with Gasteiger partial charge in [-0.3, -0.25) is 4.99 Å². The molecule has 2 atom stereocenters. The first-order chi connectivity index (χ1) is 18.7. The van der Waals surface area contributed by atoms with Gasteiger partial charge in [-0.2, -0.15) is 0 Å². The number of aromatic hydroxyl groups is 2. The number of phenols is 2. The van der Waals surface area contributed by atoms with Crippen molar-refractivity contribution < 1.29 is 10.2 Å². The van der Waals surface area contributed by atoms with Crippen LogP contribution in [0.3, 0.4) is 0 Å². The molecule has 4 nitrogen and oxygen atoms in total. The zero-order chi connectivity index (χ0) is 31.0. The maximum absolute atomic E-state index is 11.2. The van der Waals surface area contributed by atoms with Crippen molar-refractivity contribution in [3.63, 3.8) is 0 Å². The van der Waals surface area contributed by atoms with Crippen LogP contribution >= 0.6 is 0 Å². The molecule has 1 aliphatic rings. The molecule has 0 heterocycles. The molecular formula is C37H55N2O2+. The molecule has 4 heteroatoms. The van der Waals surface area contributed by atoms with Gasteiger partial charge in [0.1, 0.15) is 11.5 Å². The normalized spacial score (nSPS) is 18.8. The molecule has 2 N–H and O–H groups in total. The summed E-state index contributed by atoms with van der Waals surface area (Å²) < 4.78 is 4.75. The highest BCUT2D eigenvalue weighted by Gasteiger charge is 2.29. The molecule has 0 saturated heterocycles. The van der Waals surface area contributed by atoms with E-state index in [1.807, 2.05) is 18.6 Å². The molecule has 0 amide bonds. The van der Waals surface area contributed by atoms with E-state index in [-0.39, 0.29) is 33.6 Å². The van der Waals surface area contributed by atoms with Gasteiger partial charge in [0.2, 0.25) is 0 Å². The molecule has 1 fully saturated rings. The molecule has 1 saturated carbocycles. The zero-order valence-corrected chi connectivity index (χ0v) is 27.8. The zero-order valence-electron chi connectivity index (χ0n) is 27.8. The van der Waals surface area contributed by atoms with E-state index in [0.29, 0.717) is 11.5 Å². The van der Waals surface area contributed by atoms with Gasteiger partial charge in [0.05, 0.1) is 17.5 Å². The highest BCUT2D eigenvalue weighted by molar-refractivity contribution is 5.87. The van der Waals surface area contributed by atoms with E-state index in [1.54, 1.807) is 0 Å². The number of hydrogen-bond acceptors (Lipinski definition) is 3. The van der Waals surface area contributed by atoms with Crippen LogP contribution in [0.1, 0.15) is 142 Å². The van der Waals surface area contributed by atoms with Crippen LogP contribution in [-0.4, -0.2) is 34.9 Å². The topological polar surface area (TPSA) is 66.9 Å². The molecular weight excluding hydrogens is 504 g/mol. The van der Waals surface area contributed by atoms with Crippen LogP contribution in [-0.2, 0) is 21.7 Å². The first-order valence-electron chi connectivity index (χ1n) is 15.3. The summed E-state index contributed by atoms with van der Waals surface area (Å²) in [6, 6.07) is 8.55. The third-order valence-corrected chi connectivity index (χ3v) is 8.30. The highest BCUT2D eigenvalue weighted by atomic mass is 16.3. The molecule has 0 radical (unpaired) electrons. The highest BCUT2D eigenvalue weighted by Crippen LogP contribution is 2.38. The van der Waals surface area contributed by atoms with Gasteiger partial charge in [-0.05, 0) is 57.8 Å². The summed E-state index contributed by atoms with van der Waals surface area (Å²) in [5.41, 5.74) is 5.41. The average Bonchev–Trinajstić information content (AvgIpc) is 2.82. The monoisotopic (exact) mass is 559 g/mol. The lowest BCUT2D eigenvalue weighted by Crippen LogP contribution is -2.25. The number of rotatable bonds is 4. The molecule has 3 rings (SSSR count). The van der Waals surface area contributed by atoms with Crippen molar-refractivity contribution in [3.05, 3.63) is 57.6 Å². The Morgan fingerprint density at radius 3 is 1.61 bits per heavy atom. The van der Waals surface area contributed by atoms with Gasteiger partial charge >= 0.3 is 6.21 Å². The number of nitrogens with zero attached hydrogens (tertiary/aromatic N) is 2. The minimum absolute atomic E-state index is 0.0329. The van der Waals surface area contributed by atoms with Crippen molar-refractivity contribution in [1.82, 2.24) is 4.67 Å². The molecule has 0 spiro atoms. The van der Waals surface area contributed by atoms with Gasteiger partial charge in [0.15, 0.2) is 0 Å². The Morgan fingerprint density at radius 1 is 0.659 bits per heavy atom. The Hall–Kier alpha value is -2.84. The fourth-order valence-corrected chi connectivity index (χ4v) is 5.43. The molecule has 224 valence electrons. The van der Waals surface area contributed by atoms with Gasteiger partial charge < -0.3 is 10.2 Å². The Balaban J connectivity index is 1.98. The summed E-state index contributed by atoms with van der Waals surface area (Å²) in [7, 11) is 0. The van der Waals surface area contributed by atoms with Crippen molar-refractivity contribution in [2.24, 2.45) is 10.9 Å². The first kappa shape index (κ1) is 32.7. The smallest absolute Gasteiger partial charge is 0.302 e. The SMILES string of the molecule is CC(C)(C)c1cc(C=[N+]=CC2CCCC[C@@H]2/N=C/c2cc(C(C)(C)C)cc(C(C)(C)C)c2O)c(O)c(C(C)(C)C)c1. The molecule has 1 aliphatic carbocycles. The summed E-state index contributed by atoms with van der Waals surface area (Å²) in [6.45, 7) is 26.0. The van der Waals surface area contributed by atoms with Crippen molar-refractivity contribution in [1.29, 1.82) is 0 Å². The van der Waals surface area contributed by atoms with Gasteiger partial charge in [-0.15, -0.1) is 4.67 Å². The van der Waals surface area contributed by atoms with Crippen LogP contribution < -0.4 is 4.67 Å². The first-order valence-corrected chi connectivity index (χ1v) is 15.3. The van der Waals surface area contributed by atoms with Crippen LogP contribution in [0.2, 0.25) is 0 Å². The van der Waals surface area contributed by atoms with Crippen LogP contribution in [0.15, 0.2) is 29.3 Å². The molecule has 2 aromatic rings. The number of hydrogen-bond donors (Lipinski definition) is 2. The Labute approximate surface area is 249 Å². The van der Waals surface area contributed by atoms with E-state index in [4.69, 9.17) is 9.66 Å². The quantitative estimate of drug-likeness (QED) is 0.291. The van der Waals surface area contributed by atoms with Crippen molar-refractivity contribution in [3.8, 4) is 11.5 Å². The lowest BCUT2D eigenvalue weighted by Gasteiger charge is -2.27. The van der Waals surface area contributed by atoms with Gasteiger partial charge in [0, 0.05) is 22.9 Å². The maximum atomic E-state index is 11.2. The standard InChI is InChI=1S/C37H54N2O2/c1-34(2,3)27-17-25(32(40)29(19-27)36(7,8)9)22-38-21-24-15-13-14-16-31(24)39-23-26-18-28(35(4,5)6)20-30(33(26)41)37(10,11)12/h17-24,31H,13-16H2,1-12H3,(H,39,41)/p+1/t24?,31-/m0/s1. The van der Waals surface area contributed by atoms with Crippen molar-refractivity contribution in [2.75, 3.05) is 0 Å². The second kappa shape index (κ2) is 11.8. The molecule has 1 unspecified atom stereocenters. The van der Waals surface area contributed by atoms with E-state index in [0.717, 1.165) is 47.9 Å². The summed E-state index contributed by atoms with van der Waals surface area (Å²) >= 11 is 0. The fourth-order valence-electron chi connectivity index (χ4n) is 5.43. The molecule has 2 aromatic carbocycles. The Bertz CT molecular complexity index is 1330. The van der Waals surface area contributed by atoms with Crippen LogP contribution in [0.25, 0.3) is 0 Å². The molecule has 0 bridgehead atoms. The van der Waals surface area contributed by atoms with Gasteiger partial charge in [-0.25, -0.2) is 0 Å². The summed E-state index contributed by atoms with van der Waals surface area (Å²) in [5, 5.41) is 22.4. The van der Waals surface area contributed by atoms with E-state index in [1.165, 1.54) is 11.1 Å². The summed E-state index contributed by atoms with van der Waals surface area (Å²) in [4.78, 5) is 5.04. The Morgan fingerprint density at radius 2 is 1.12 bits per heavy atom. The van der Waals surface area contributed by atoms with Crippen molar-refractivity contribution in [2.45, 2.75) is 136 Å². The third-order valence-electron chi connectivity index (χ3n) is 8.30. The maximum Gasteiger partial charge on any atom is 0.302 e. The van der Waals surface area contributed by atoms with E-state index in [9.17, 15) is 10.2 Å². The molecule has 0 aliphatic heterocycles. The van der Waals surface area contributed by atoms with Gasteiger partial charge in [-0.1, -0.05) is 108 Å². The van der Waals surface area contributed by atoms with Crippen molar-refractivity contribution >= 4 is 18.6 Å². The van der Waals surface area contributed by atoms with Crippen LogP contribution in [0, 0.1) is 5.92 Å². The predicted octanol–water partition coefficient (Wildman–Crippen LogP) is 8.52. The minimum Gasteiger partial charge on any atom is -0.507 e. The van der Waals surface area contributed by atoms with E-state index in [2.05, 4.69) is 107 Å². The minimum atomic E-state index is -0.177. The predicted molar refractivity (Wildman–Crippen MR) is 178 cm³/mol. The summed E-state index contributed by atoms with van der Waals surface area (Å²) in [6.07, 6.45) is 10.0. The lowest BCUT2D eigenvalue weighted by atomic mass is 9.79. The number of phenolic OH excluding ortho intramolecular Hbond substituents is 2. The second-order valence-electron chi connectivity index (χ2n) is 16.1. The second-order valence-corrected chi connectivity index (χ2v) is 16.1. The number of benzene rings is 2. The third kappa shape index (κ3) is 8.13. The summed E-state index contributed by atoms with van der Waals surface area (Å²) in [5.74, 6) is 0.846. The van der Waals surface area contributed by atoms with E-state index < -0.39 is 0 Å². The van der Waals surface area contributed by atoms with Crippen LogP contribution in [0.4, 0.5) is 0 Å². The Kier molecular flexibility index (Phi) is 9.41.